The number of fused-ring (bicyclic) bond motifs is 1. The number of hydrogen-bond acceptors (Lipinski definition) is 8. The highest BCUT2D eigenvalue weighted by molar-refractivity contribution is 5.96. The van der Waals surface area contributed by atoms with E-state index in [0.29, 0.717) is 41.9 Å². The number of amides is 1. The van der Waals surface area contributed by atoms with Crippen molar-refractivity contribution in [1.29, 1.82) is 0 Å². The molecule has 10 nitrogen and oxygen atoms in total. The van der Waals surface area contributed by atoms with Crippen LogP contribution in [0.15, 0.2) is 24.4 Å². The first-order valence-corrected chi connectivity index (χ1v) is 11.5. The lowest BCUT2D eigenvalue weighted by molar-refractivity contribution is -0.117. The third-order valence-electron chi connectivity index (χ3n) is 6.28. The quantitative estimate of drug-likeness (QED) is 0.373. The van der Waals surface area contributed by atoms with Crippen LogP contribution in [0.3, 0.4) is 0 Å². The predicted octanol–water partition coefficient (Wildman–Crippen LogP) is 3.41. The van der Waals surface area contributed by atoms with Crippen molar-refractivity contribution in [3.63, 3.8) is 0 Å². The van der Waals surface area contributed by atoms with E-state index in [9.17, 15) is 14.4 Å². The highest BCUT2D eigenvalue weighted by atomic mass is 19.1. The molecule has 1 amide bonds. The van der Waals surface area contributed by atoms with Crippen LogP contribution in [0.1, 0.15) is 56.0 Å². The number of anilines is 4. The molecule has 1 atom stereocenters. The predicted molar refractivity (Wildman–Crippen MR) is 124 cm³/mol. The number of carbonyl (C=O) groups is 1. The van der Waals surface area contributed by atoms with Crippen molar-refractivity contribution in [2.24, 2.45) is 0 Å². The Balaban J connectivity index is 1.41. The van der Waals surface area contributed by atoms with Gasteiger partial charge in [-0.25, -0.2) is 9.97 Å². The minimum atomic E-state index is -0.599. The van der Waals surface area contributed by atoms with E-state index >= 15 is 0 Å². The second-order valence-corrected chi connectivity index (χ2v) is 8.98. The lowest BCUT2D eigenvalue weighted by atomic mass is 10.1. The summed E-state index contributed by atoms with van der Waals surface area (Å²) in [6.45, 7) is 4.61. The fraction of sp³-hybridized carbons (Fsp3) is 0.435. The Morgan fingerprint density at radius 2 is 2.09 bits per heavy atom. The summed E-state index contributed by atoms with van der Waals surface area (Å²) in [7, 11) is 0. The van der Waals surface area contributed by atoms with E-state index in [4.69, 9.17) is 9.97 Å². The van der Waals surface area contributed by atoms with Crippen LogP contribution in [0.5, 0.6) is 0 Å². The SMILES string of the molecule is CC(C)c1cc(Nc2nc(N3CCC[C@@H]3C(=O)Nc3ccc(F)nc3)nc3c2CCC3)nn1O. The lowest BCUT2D eigenvalue weighted by Crippen LogP contribution is -2.40. The van der Waals surface area contributed by atoms with Crippen molar-refractivity contribution in [2.75, 3.05) is 22.1 Å². The first kappa shape index (κ1) is 22.1. The van der Waals surface area contributed by atoms with Gasteiger partial charge in [0.15, 0.2) is 5.82 Å². The minimum Gasteiger partial charge on any atom is -0.411 e. The molecule has 5 rings (SSSR count). The van der Waals surface area contributed by atoms with E-state index in [0.717, 1.165) is 41.8 Å². The average molecular weight is 467 g/mol. The topological polar surface area (TPSA) is 121 Å². The standard InChI is InChI=1S/C23H27FN8O2/c1-13(2)18-11-20(30-32(18)34)28-21-15-5-3-6-16(15)27-23(29-21)31-10-4-7-17(31)22(33)26-14-8-9-19(24)25-12-14/h8-9,11-13,17,34H,3-7,10H2,1-2H3,(H,26,33)(H,27,28,29,30)/t17-/m1/s1. The molecule has 3 aromatic rings. The highest BCUT2D eigenvalue weighted by Crippen LogP contribution is 2.33. The Labute approximate surface area is 196 Å². The van der Waals surface area contributed by atoms with Gasteiger partial charge in [-0.2, -0.15) is 9.37 Å². The molecule has 0 spiro atoms. The Morgan fingerprint density at radius 3 is 2.82 bits per heavy atom. The van der Waals surface area contributed by atoms with Gasteiger partial charge in [-0.3, -0.25) is 4.79 Å². The van der Waals surface area contributed by atoms with E-state index in [-0.39, 0.29) is 11.8 Å². The number of hydrogen-bond donors (Lipinski definition) is 3. The zero-order valence-corrected chi connectivity index (χ0v) is 19.1. The van der Waals surface area contributed by atoms with Crippen LogP contribution < -0.4 is 15.5 Å². The van der Waals surface area contributed by atoms with Crippen LogP contribution in [0, 0.1) is 5.95 Å². The molecule has 0 radical (unpaired) electrons. The molecule has 11 heteroatoms. The van der Waals surface area contributed by atoms with Gasteiger partial charge >= 0.3 is 0 Å². The molecule has 3 aromatic heterocycles. The zero-order chi connectivity index (χ0) is 23.8. The van der Waals surface area contributed by atoms with Gasteiger partial charge in [-0.05, 0) is 50.2 Å². The summed E-state index contributed by atoms with van der Waals surface area (Å²) in [6.07, 6.45) is 5.47. The molecular weight excluding hydrogens is 439 g/mol. The highest BCUT2D eigenvalue weighted by Gasteiger charge is 2.34. The second kappa shape index (κ2) is 8.88. The average Bonchev–Trinajstić information content (AvgIpc) is 3.54. The number of pyridine rings is 1. The van der Waals surface area contributed by atoms with E-state index in [1.54, 1.807) is 6.07 Å². The summed E-state index contributed by atoms with van der Waals surface area (Å²) >= 11 is 0. The molecule has 1 aliphatic heterocycles. The number of aryl methyl sites for hydroxylation is 1. The van der Waals surface area contributed by atoms with Crippen molar-refractivity contribution in [3.05, 3.63) is 47.3 Å². The third-order valence-corrected chi connectivity index (χ3v) is 6.28. The summed E-state index contributed by atoms with van der Waals surface area (Å²) in [5.74, 6) is 0.957. The molecule has 1 saturated heterocycles. The number of carbonyl (C=O) groups excluding carboxylic acids is 1. The molecule has 0 aromatic carbocycles. The maximum atomic E-state index is 13.1. The molecule has 178 valence electrons. The summed E-state index contributed by atoms with van der Waals surface area (Å²) in [4.78, 5) is 29.0. The van der Waals surface area contributed by atoms with Crippen molar-refractivity contribution >= 4 is 29.2 Å². The normalized spacial score (nSPS) is 17.3. The van der Waals surface area contributed by atoms with Gasteiger partial charge in [0.1, 0.15) is 11.9 Å². The molecule has 3 N–H and O–H groups in total. The van der Waals surface area contributed by atoms with Gasteiger partial charge in [-0.1, -0.05) is 13.8 Å². The van der Waals surface area contributed by atoms with Crippen LogP contribution in [-0.2, 0) is 17.6 Å². The molecular formula is C23H27FN8O2. The molecule has 34 heavy (non-hydrogen) atoms. The van der Waals surface area contributed by atoms with Crippen LogP contribution in [0.4, 0.5) is 27.7 Å². The summed E-state index contributed by atoms with van der Waals surface area (Å²) in [6, 6.07) is 4.05. The van der Waals surface area contributed by atoms with Crippen molar-refractivity contribution in [1.82, 2.24) is 24.9 Å². The molecule has 2 aliphatic rings. The Hall–Kier alpha value is -3.76. The molecule has 0 saturated carbocycles. The van der Waals surface area contributed by atoms with Gasteiger partial charge in [-0.15, -0.1) is 9.94 Å². The van der Waals surface area contributed by atoms with Gasteiger partial charge in [0, 0.05) is 18.2 Å². The van der Waals surface area contributed by atoms with E-state index in [1.165, 1.54) is 18.3 Å². The van der Waals surface area contributed by atoms with Crippen LogP contribution >= 0.6 is 0 Å². The van der Waals surface area contributed by atoms with Gasteiger partial charge < -0.3 is 20.7 Å². The van der Waals surface area contributed by atoms with Crippen molar-refractivity contribution < 1.29 is 14.4 Å². The monoisotopic (exact) mass is 466 g/mol. The van der Waals surface area contributed by atoms with Gasteiger partial charge in [0.05, 0.1) is 23.3 Å². The number of aromatic nitrogens is 5. The van der Waals surface area contributed by atoms with Crippen molar-refractivity contribution in [2.45, 2.75) is 57.9 Å². The van der Waals surface area contributed by atoms with Crippen LogP contribution in [-0.4, -0.2) is 48.6 Å². The Bertz CT molecular complexity index is 1210. The van der Waals surface area contributed by atoms with Gasteiger partial charge in [0.25, 0.3) is 0 Å². The van der Waals surface area contributed by atoms with Crippen LogP contribution in [0.2, 0.25) is 0 Å². The smallest absolute Gasteiger partial charge is 0.247 e. The first-order chi connectivity index (χ1) is 16.4. The molecule has 0 unspecified atom stereocenters. The molecule has 1 aliphatic carbocycles. The first-order valence-electron chi connectivity index (χ1n) is 11.5. The van der Waals surface area contributed by atoms with Crippen LogP contribution in [0.25, 0.3) is 0 Å². The summed E-state index contributed by atoms with van der Waals surface area (Å²) < 4.78 is 13.1. The van der Waals surface area contributed by atoms with E-state index in [2.05, 4.69) is 20.7 Å². The summed E-state index contributed by atoms with van der Waals surface area (Å²) in [5, 5.41) is 20.3. The fourth-order valence-electron chi connectivity index (χ4n) is 4.57. The second-order valence-electron chi connectivity index (χ2n) is 8.98. The molecule has 0 bridgehead atoms. The zero-order valence-electron chi connectivity index (χ0n) is 19.1. The number of nitrogens with one attached hydrogen (secondary N) is 2. The van der Waals surface area contributed by atoms with E-state index in [1.807, 2.05) is 18.7 Å². The number of nitrogens with zero attached hydrogens (tertiary/aromatic N) is 6. The number of halogens is 1. The summed E-state index contributed by atoms with van der Waals surface area (Å²) in [5.41, 5.74) is 3.14. The fourth-order valence-corrected chi connectivity index (χ4v) is 4.57. The Morgan fingerprint density at radius 1 is 1.24 bits per heavy atom. The largest absolute Gasteiger partial charge is 0.411 e. The Kier molecular flexibility index (Phi) is 5.76. The van der Waals surface area contributed by atoms with E-state index < -0.39 is 12.0 Å². The maximum absolute atomic E-state index is 13.1. The minimum absolute atomic E-state index is 0.111. The third kappa shape index (κ3) is 4.25. The molecule has 1 fully saturated rings. The maximum Gasteiger partial charge on any atom is 0.247 e. The van der Waals surface area contributed by atoms with Gasteiger partial charge in [0.2, 0.25) is 17.8 Å². The lowest BCUT2D eigenvalue weighted by Gasteiger charge is -2.25. The number of rotatable bonds is 6. The van der Waals surface area contributed by atoms with Crippen molar-refractivity contribution in [3.8, 4) is 0 Å². The molecule has 4 heterocycles.